The van der Waals surface area contributed by atoms with Crippen molar-refractivity contribution in [1.82, 2.24) is 19.5 Å². The summed E-state index contributed by atoms with van der Waals surface area (Å²) >= 11 is -0.677. The first kappa shape index (κ1) is 25.9. The molecule has 0 atom stereocenters. The first-order valence-electron chi connectivity index (χ1n) is 20.6. The summed E-state index contributed by atoms with van der Waals surface area (Å²) in [6.07, 6.45) is 1.84. The zero-order valence-corrected chi connectivity index (χ0v) is 33.4. The van der Waals surface area contributed by atoms with Gasteiger partial charge >= 0.3 is 110 Å². The van der Waals surface area contributed by atoms with Gasteiger partial charge in [0.05, 0.1) is 16.9 Å². The Bertz CT molecular complexity index is 2770. The van der Waals surface area contributed by atoms with Gasteiger partial charge < -0.3 is 4.57 Å². The Morgan fingerprint density at radius 3 is 2.42 bits per heavy atom. The van der Waals surface area contributed by atoms with Crippen LogP contribution < -0.4 is 4.40 Å². The zero-order chi connectivity index (χ0) is 41.8. The fourth-order valence-corrected chi connectivity index (χ4v) is 9.32. The first-order valence-corrected chi connectivity index (χ1v) is 24.2. The van der Waals surface area contributed by atoms with Crippen molar-refractivity contribution in [3.63, 3.8) is 0 Å². The molecule has 0 aliphatic carbocycles. The number of imidazole rings is 1. The van der Waals surface area contributed by atoms with Crippen LogP contribution in [0.2, 0.25) is 17.3 Å². The van der Waals surface area contributed by atoms with E-state index < -0.39 is 33.8 Å². The molecule has 0 fully saturated rings. The second-order valence-electron chi connectivity index (χ2n) is 12.8. The van der Waals surface area contributed by atoms with Crippen LogP contribution in [-0.2, 0) is 26.7 Å². The molecule has 4 aromatic carbocycles. The fourth-order valence-electron chi connectivity index (χ4n) is 5.96. The predicted octanol–water partition coefficient (Wildman–Crippen LogP) is 11.0. The maximum absolute atomic E-state index is 7.83. The van der Waals surface area contributed by atoms with E-state index in [1.54, 1.807) is 36.4 Å². The minimum absolute atomic E-state index is 0. The number of para-hydroxylation sites is 2. The van der Waals surface area contributed by atoms with Gasteiger partial charge in [-0.3, -0.25) is 4.98 Å². The molecule has 4 nitrogen and oxygen atoms in total. The van der Waals surface area contributed by atoms with Gasteiger partial charge in [0.15, 0.2) is 0 Å². The van der Waals surface area contributed by atoms with Crippen LogP contribution in [-0.4, -0.2) is 32.8 Å². The van der Waals surface area contributed by atoms with E-state index in [9.17, 15) is 0 Å². The summed E-state index contributed by atoms with van der Waals surface area (Å²) in [7, 11) is 0. The molecule has 1 radical (unpaired) electrons. The van der Waals surface area contributed by atoms with Crippen LogP contribution in [0.25, 0.3) is 65.1 Å². The van der Waals surface area contributed by atoms with Crippen molar-refractivity contribution in [1.29, 1.82) is 0 Å². The van der Waals surface area contributed by atoms with Crippen molar-refractivity contribution in [2.75, 3.05) is 0 Å². The number of aromatic nitrogens is 4. The topological polar surface area (TPSA) is 43.6 Å². The number of hydrogen-bond donors (Lipinski definition) is 0. The van der Waals surface area contributed by atoms with Crippen molar-refractivity contribution >= 4 is 60.3 Å². The van der Waals surface area contributed by atoms with Crippen LogP contribution in [0.15, 0.2) is 103 Å². The van der Waals surface area contributed by atoms with Gasteiger partial charge in [0, 0.05) is 46.0 Å². The van der Waals surface area contributed by atoms with Crippen LogP contribution in [0.4, 0.5) is 0 Å². The van der Waals surface area contributed by atoms with Gasteiger partial charge in [0.25, 0.3) is 0 Å². The van der Waals surface area contributed by atoms with Crippen molar-refractivity contribution < 1.29 is 32.4 Å². The Balaban J connectivity index is 0.000000236. The maximum atomic E-state index is 7.83. The molecule has 0 amide bonds. The summed E-state index contributed by atoms with van der Waals surface area (Å²) in [6, 6.07) is 35.8. The number of hydrogen-bond acceptors (Lipinski definition) is 4. The molecular formula is C43H40GeIrN4S-2. The van der Waals surface area contributed by atoms with E-state index in [1.807, 2.05) is 66.9 Å². The monoisotopic (exact) mass is 920 g/mol. The van der Waals surface area contributed by atoms with Crippen LogP contribution in [0.1, 0.15) is 36.1 Å². The standard InChI is InChI=1S/C28H22N3S.C15H18GeN.Ir/c1-4-31-24-8-6-5-7-23(24)30-27(31)22-16-15-20(19-12-9-17(2)10-13-19)25-21-14-11-18(3)29-28(21)32-26(22)25;1-12-10-14(16(2,3)4)11-17-15(12)13-8-6-5-7-9-13;/h5-15H,4H2,1-3H3;5-8,10-11H,1-4H3;/q2*-1;/i2D3,3D3;1D3;. The molecule has 253 valence electrons. The summed E-state index contributed by atoms with van der Waals surface area (Å²) in [5.41, 5.74) is 6.34. The second-order valence-corrected chi connectivity index (χ2v) is 24.5. The SMILES string of the molecule is [2H]C([2H])([2H])c1c[c]([Ge]([CH3])([CH3])[CH3])cnc1-c1[c-]cccc1.[2H]C([2H])([2H])c1ccc(-c2c[c-]c(-c3nc4ccccc4n3CC)c3sc4nc(C([2H])([2H])[2H])ccc4c23)cc1.[Ir]. The number of pyridine rings is 2. The average molecular weight is 919 g/mol. The minimum atomic E-state index is -2.32. The number of thiophene rings is 1. The van der Waals surface area contributed by atoms with E-state index in [1.165, 1.54) is 11.3 Å². The summed E-state index contributed by atoms with van der Waals surface area (Å²) in [5.74, 6) is 7.48. The van der Waals surface area contributed by atoms with Gasteiger partial charge in [-0.15, -0.1) is 12.1 Å². The molecule has 0 N–H and O–H groups in total. The predicted molar refractivity (Wildman–Crippen MR) is 211 cm³/mol. The maximum Gasteiger partial charge on any atom is 0.114 e. The molecule has 0 saturated carbocycles. The largest absolute Gasteiger partial charge is 0.364 e. The van der Waals surface area contributed by atoms with Crippen molar-refractivity contribution in [3.05, 3.63) is 132 Å². The molecule has 50 heavy (non-hydrogen) atoms. The molecule has 4 heterocycles. The number of benzene rings is 4. The Morgan fingerprint density at radius 2 is 1.70 bits per heavy atom. The average Bonchev–Trinajstić information content (AvgIpc) is 3.75. The van der Waals surface area contributed by atoms with Gasteiger partial charge in [-0.25, -0.2) is 4.98 Å². The number of aryl methyl sites for hydroxylation is 4. The summed E-state index contributed by atoms with van der Waals surface area (Å²) < 4.78 is 74.1. The molecule has 0 bridgehead atoms. The zero-order valence-electron chi connectivity index (χ0n) is 37.1. The van der Waals surface area contributed by atoms with Gasteiger partial charge in [-0.1, -0.05) is 70.1 Å². The number of fused-ring (bicyclic) bond motifs is 4. The van der Waals surface area contributed by atoms with Crippen LogP contribution in [0.3, 0.4) is 0 Å². The molecular weight excluding hydrogens is 869 g/mol. The van der Waals surface area contributed by atoms with E-state index in [2.05, 4.69) is 50.9 Å². The van der Waals surface area contributed by atoms with E-state index in [0.29, 0.717) is 16.1 Å². The van der Waals surface area contributed by atoms with E-state index in [4.69, 9.17) is 17.3 Å². The molecule has 0 aliphatic heterocycles. The van der Waals surface area contributed by atoms with Gasteiger partial charge in [-0.2, -0.15) is 11.3 Å². The Kier molecular flexibility index (Phi) is 7.64. The van der Waals surface area contributed by atoms with Gasteiger partial charge in [0.1, 0.15) is 4.83 Å². The third-order valence-corrected chi connectivity index (χ3v) is 13.8. The van der Waals surface area contributed by atoms with Crippen LogP contribution in [0.5, 0.6) is 0 Å². The third-order valence-electron chi connectivity index (χ3n) is 8.52. The Hall–Kier alpha value is -3.94. The number of nitrogens with zero attached hydrogens (tertiary/aromatic N) is 4. The van der Waals surface area contributed by atoms with E-state index >= 15 is 0 Å². The Labute approximate surface area is 328 Å². The third kappa shape index (κ3) is 7.00. The quantitative estimate of drug-likeness (QED) is 0.128. The van der Waals surface area contributed by atoms with Gasteiger partial charge in [-0.05, 0) is 43.5 Å². The minimum Gasteiger partial charge on any atom is -0.364 e. The van der Waals surface area contributed by atoms with E-state index in [0.717, 1.165) is 65.5 Å². The molecule has 0 spiro atoms. The number of rotatable bonds is 5. The molecule has 8 aromatic rings. The second kappa shape index (κ2) is 14.7. The van der Waals surface area contributed by atoms with E-state index in [-0.39, 0.29) is 31.4 Å². The van der Waals surface area contributed by atoms with Crippen molar-refractivity contribution in [2.45, 2.75) is 51.3 Å². The fraction of sp³-hybridized carbons (Fsp3) is 0.186. The summed E-state index contributed by atoms with van der Waals surface area (Å²) in [4.78, 5) is 14.5. The molecule has 7 heteroatoms. The molecule has 0 aliphatic rings. The summed E-state index contributed by atoms with van der Waals surface area (Å²) in [5, 5.41) is 1.75. The molecule has 0 unspecified atom stereocenters. The first-order chi connectivity index (χ1) is 27.3. The molecule has 8 rings (SSSR count). The van der Waals surface area contributed by atoms with Gasteiger partial charge in [0.2, 0.25) is 0 Å². The smallest absolute Gasteiger partial charge is 0.114 e. The normalized spacial score (nSPS) is 14.8. The van der Waals surface area contributed by atoms with Crippen molar-refractivity contribution in [3.8, 4) is 33.8 Å². The van der Waals surface area contributed by atoms with Crippen LogP contribution >= 0.6 is 11.3 Å². The van der Waals surface area contributed by atoms with Crippen LogP contribution in [0, 0.1) is 32.7 Å². The Morgan fingerprint density at radius 1 is 0.880 bits per heavy atom. The van der Waals surface area contributed by atoms with Crippen molar-refractivity contribution in [2.24, 2.45) is 0 Å². The summed E-state index contributed by atoms with van der Waals surface area (Å²) in [6.45, 7) is -3.87. The molecule has 4 aromatic heterocycles. The molecule has 0 saturated heterocycles.